The normalized spacial score (nSPS) is 31.4. The van der Waals surface area contributed by atoms with E-state index in [4.69, 9.17) is 11.5 Å². The first-order valence-corrected chi connectivity index (χ1v) is 5.31. The number of nitrogens with two attached hydrogens (primary N) is 2. The van der Waals surface area contributed by atoms with Gasteiger partial charge < -0.3 is 11.5 Å². The van der Waals surface area contributed by atoms with Crippen LogP contribution in [0, 0.1) is 5.92 Å². The Bertz CT molecular complexity index is 204. The number of piperidine rings is 1. The minimum absolute atomic E-state index is 0.0141. The minimum Gasteiger partial charge on any atom is -0.369 e. The molecule has 3 unspecified atom stereocenters. The van der Waals surface area contributed by atoms with Gasteiger partial charge in [-0.25, -0.2) is 0 Å². The summed E-state index contributed by atoms with van der Waals surface area (Å²) in [7, 11) is 0. The van der Waals surface area contributed by atoms with E-state index < -0.39 is 0 Å². The highest BCUT2D eigenvalue weighted by Crippen LogP contribution is 2.23. The van der Waals surface area contributed by atoms with Gasteiger partial charge in [-0.3, -0.25) is 9.69 Å². The molecule has 0 aromatic heterocycles. The summed E-state index contributed by atoms with van der Waals surface area (Å²) in [5.74, 6) is -0.161. The number of likely N-dealkylation sites (tertiary alicyclic amines) is 1. The van der Waals surface area contributed by atoms with Gasteiger partial charge in [-0.1, -0.05) is 0 Å². The summed E-state index contributed by atoms with van der Waals surface area (Å²) in [5, 5.41) is 0. The molecule has 0 aliphatic carbocycles. The van der Waals surface area contributed by atoms with Crippen molar-refractivity contribution in [3.05, 3.63) is 0 Å². The van der Waals surface area contributed by atoms with E-state index in [0.29, 0.717) is 18.6 Å². The number of amides is 1. The van der Waals surface area contributed by atoms with Crippen LogP contribution in [0.1, 0.15) is 26.7 Å². The van der Waals surface area contributed by atoms with Gasteiger partial charge in [0.15, 0.2) is 0 Å². The summed E-state index contributed by atoms with van der Waals surface area (Å²) in [4.78, 5) is 13.4. The summed E-state index contributed by atoms with van der Waals surface area (Å²) >= 11 is 0. The van der Waals surface area contributed by atoms with Gasteiger partial charge in [0, 0.05) is 25.2 Å². The molecule has 1 aliphatic rings. The zero-order valence-corrected chi connectivity index (χ0v) is 9.07. The Balaban J connectivity index is 2.59. The molecule has 14 heavy (non-hydrogen) atoms. The first-order chi connectivity index (χ1) is 6.56. The number of carbonyl (C=O) groups is 1. The Morgan fingerprint density at radius 2 is 2.21 bits per heavy atom. The monoisotopic (exact) mass is 199 g/mol. The van der Waals surface area contributed by atoms with Gasteiger partial charge >= 0.3 is 0 Å². The van der Waals surface area contributed by atoms with Gasteiger partial charge in [0.2, 0.25) is 5.91 Å². The number of primary amides is 1. The number of carbonyl (C=O) groups excluding carboxylic acids is 1. The molecule has 0 aromatic carbocycles. The van der Waals surface area contributed by atoms with E-state index in [2.05, 4.69) is 18.7 Å². The highest BCUT2D eigenvalue weighted by Gasteiger charge is 2.30. The molecule has 4 heteroatoms. The van der Waals surface area contributed by atoms with Gasteiger partial charge in [-0.05, 0) is 26.7 Å². The van der Waals surface area contributed by atoms with Crippen molar-refractivity contribution < 1.29 is 4.79 Å². The van der Waals surface area contributed by atoms with E-state index in [1.54, 1.807) is 0 Å². The van der Waals surface area contributed by atoms with Gasteiger partial charge in [-0.2, -0.15) is 0 Å². The highest BCUT2D eigenvalue weighted by molar-refractivity contribution is 5.76. The van der Waals surface area contributed by atoms with E-state index >= 15 is 0 Å². The molecular weight excluding hydrogens is 178 g/mol. The lowest BCUT2D eigenvalue weighted by Gasteiger charge is -2.40. The standard InChI is InChI=1S/C10H21N3O/c1-7-3-4-9(10(12)14)6-13(7)8(2)5-11/h7-9H,3-6,11H2,1-2H3,(H2,12,14). The van der Waals surface area contributed by atoms with Gasteiger partial charge in [0.25, 0.3) is 0 Å². The number of nitrogens with zero attached hydrogens (tertiary/aromatic N) is 1. The quantitative estimate of drug-likeness (QED) is 0.667. The molecule has 82 valence electrons. The van der Waals surface area contributed by atoms with Crippen LogP contribution in [-0.2, 0) is 4.79 Å². The van der Waals surface area contributed by atoms with Crippen molar-refractivity contribution in [2.24, 2.45) is 17.4 Å². The average Bonchev–Trinajstić information content (AvgIpc) is 2.17. The molecule has 1 heterocycles. The molecule has 4 nitrogen and oxygen atoms in total. The minimum atomic E-state index is -0.175. The van der Waals surface area contributed by atoms with E-state index in [9.17, 15) is 4.79 Å². The number of hydrogen-bond donors (Lipinski definition) is 2. The van der Waals surface area contributed by atoms with Gasteiger partial charge in [0.05, 0.1) is 5.92 Å². The van der Waals surface area contributed by atoms with Gasteiger partial charge in [0.1, 0.15) is 0 Å². The van der Waals surface area contributed by atoms with Crippen LogP contribution in [0.5, 0.6) is 0 Å². The topological polar surface area (TPSA) is 72.3 Å². The van der Waals surface area contributed by atoms with Crippen LogP contribution in [-0.4, -0.2) is 36.0 Å². The molecule has 1 amide bonds. The third-order valence-corrected chi connectivity index (χ3v) is 3.24. The third kappa shape index (κ3) is 2.45. The van der Waals surface area contributed by atoms with Crippen LogP contribution in [0.15, 0.2) is 0 Å². The predicted molar refractivity (Wildman–Crippen MR) is 56.6 cm³/mol. The van der Waals surface area contributed by atoms with E-state index in [1.165, 1.54) is 0 Å². The first-order valence-electron chi connectivity index (χ1n) is 5.31. The summed E-state index contributed by atoms with van der Waals surface area (Å²) in [6.07, 6.45) is 1.96. The zero-order valence-electron chi connectivity index (χ0n) is 9.07. The zero-order chi connectivity index (χ0) is 10.7. The molecule has 1 aliphatic heterocycles. The summed E-state index contributed by atoms with van der Waals surface area (Å²) in [6, 6.07) is 0.858. The smallest absolute Gasteiger partial charge is 0.221 e. The van der Waals surface area contributed by atoms with Crippen molar-refractivity contribution in [1.29, 1.82) is 0 Å². The van der Waals surface area contributed by atoms with E-state index in [1.807, 2.05) is 0 Å². The van der Waals surface area contributed by atoms with Crippen LogP contribution < -0.4 is 11.5 Å². The second kappa shape index (κ2) is 4.75. The Labute approximate surface area is 85.6 Å². The highest BCUT2D eigenvalue weighted by atomic mass is 16.1. The van der Waals surface area contributed by atoms with Crippen LogP contribution in [0.3, 0.4) is 0 Å². The Kier molecular flexibility index (Phi) is 3.89. The molecule has 1 rings (SSSR count). The maximum absolute atomic E-state index is 11.1. The first kappa shape index (κ1) is 11.5. The van der Waals surface area contributed by atoms with Crippen molar-refractivity contribution >= 4 is 5.91 Å². The lowest BCUT2D eigenvalue weighted by molar-refractivity contribution is -0.124. The maximum Gasteiger partial charge on any atom is 0.221 e. The van der Waals surface area contributed by atoms with Crippen molar-refractivity contribution in [2.45, 2.75) is 38.8 Å². The van der Waals surface area contributed by atoms with Crippen LogP contribution in [0.2, 0.25) is 0 Å². The van der Waals surface area contributed by atoms with Crippen molar-refractivity contribution in [3.8, 4) is 0 Å². The van der Waals surface area contributed by atoms with Crippen LogP contribution in [0.25, 0.3) is 0 Å². The maximum atomic E-state index is 11.1. The molecule has 1 saturated heterocycles. The second-order valence-electron chi connectivity index (χ2n) is 4.31. The molecule has 3 atom stereocenters. The van der Waals surface area contributed by atoms with Crippen molar-refractivity contribution in [3.63, 3.8) is 0 Å². The average molecular weight is 199 g/mol. The van der Waals surface area contributed by atoms with E-state index in [-0.39, 0.29) is 11.8 Å². The van der Waals surface area contributed by atoms with Crippen molar-refractivity contribution in [2.75, 3.05) is 13.1 Å². The lowest BCUT2D eigenvalue weighted by Crippen LogP contribution is -2.51. The number of rotatable bonds is 3. The van der Waals surface area contributed by atoms with Crippen LogP contribution >= 0.6 is 0 Å². The Morgan fingerprint density at radius 3 is 2.71 bits per heavy atom. The molecule has 0 aromatic rings. The lowest BCUT2D eigenvalue weighted by atomic mass is 9.92. The Hall–Kier alpha value is -0.610. The fraction of sp³-hybridized carbons (Fsp3) is 0.900. The molecule has 0 bridgehead atoms. The largest absolute Gasteiger partial charge is 0.369 e. The SMILES string of the molecule is CC(CN)N1CC(C(N)=O)CCC1C. The fourth-order valence-electron chi connectivity index (χ4n) is 2.12. The second-order valence-corrected chi connectivity index (χ2v) is 4.31. The molecule has 4 N–H and O–H groups in total. The van der Waals surface area contributed by atoms with Crippen molar-refractivity contribution in [1.82, 2.24) is 4.90 Å². The fourth-order valence-corrected chi connectivity index (χ4v) is 2.12. The summed E-state index contributed by atoms with van der Waals surface area (Å²) < 4.78 is 0. The molecular formula is C10H21N3O. The number of hydrogen-bond acceptors (Lipinski definition) is 3. The Morgan fingerprint density at radius 1 is 1.57 bits per heavy atom. The molecule has 1 fully saturated rings. The van der Waals surface area contributed by atoms with Crippen LogP contribution in [0.4, 0.5) is 0 Å². The molecule has 0 saturated carbocycles. The van der Waals surface area contributed by atoms with E-state index in [0.717, 1.165) is 19.4 Å². The summed E-state index contributed by atoms with van der Waals surface area (Å²) in [5.41, 5.74) is 10.9. The summed E-state index contributed by atoms with van der Waals surface area (Å²) in [6.45, 7) is 5.69. The molecule has 0 radical (unpaired) electrons. The third-order valence-electron chi connectivity index (χ3n) is 3.24. The van der Waals surface area contributed by atoms with Gasteiger partial charge in [-0.15, -0.1) is 0 Å². The molecule has 0 spiro atoms. The predicted octanol–water partition coefficient (Wildman–Crippen LogP) is -0.0806.